The summed E-state index contributed by atoms with van der Waals surface area (Å²) in [5, 5.41) is 12.7. The van der Waals surface area contributed by atoms with Gasteiger partial charge < -0.3 is 5.11 Å². The van der Waals surface area contributed by atoms with E-state index < -0.39 is 0 Å². The number of aromatic hydroxyl groups is 1. The lowest BCUT2D eigenvalue weighted by atomic mass is 9.79. The summed E-state index contributed by atoms with van der Waals surface area (Å²) in [7, 11) is 2.14. The first-order chi connectivity index (χ1) is 34.6. The second-order valence-electron chi connectivity index (χ2n) is 26.0. The van der Waals surface area contributed by atoms with Gasteiger partial charge in [-0.15, -0.1) is 0 Å². The topological polar surface area (TPSA) is 41.9 Å². The van der Waals surface area contributed by atoms with Crippen LogP contribution in [0.25, 0.3) is 83.9 Å². The van der Waals surface area contributed by atoms with Crippen molar-refractivity contribution in [2.45, 2.75) is 138 Å². The van der Waals surface area contributed by atoms with E-state index in [1.165, 1.54) is 38.9 Å². The van der Waals surface area contributed by atoms with E-state index in [2.05, 4.69) is 285 Å². The number of aryl methyl sites for hydroxylation is 2. The maximum atomic E-state index is 12.7. The number of nitrogens with zero attached hydrogens (tertiary/aromatic N) is 3. The average molecular weight is 977 g/mol. The van der Waals surface area contributed by atoms with E-state index in [1.807, 2.05) is 0 Å². The Morgan fingerprint density at radius 1 is 0.419 bits per heavy atom. The van der Waals surface area contributed by atoms with Crippen LogP contribution in [0.5, 0.6) is 5.75 Å². The number of imidazole rings is 1. The average Bonchev–Trinajstić information content (AvgIpc) is 3.72. The molecule has 1 N–H and O–H groups in total. The van der Waals surface area contributed by atoms with Gasteiger partial charge in [-0.1, -0.05) is 207 Å². The maximum absolute atomic E-state index is 12.7. The van der Waals surface area contributed by atoms with E-state index in [1.54, 1.807) is 0 Å². The van der Waals surface area contributed by atoms with E-state index in [4.69, 9.17) is 4.98 Å². The van der Waals surface area contributed by atoms with Gasteiger partial charge in [-0.25, -0.2) is 9.55 Å². The molecular formula is C70H78N3O+. The van der Waals surface area contributed by atoms with Crippen LogP contribution >= 0.6 is 0 Å². The molecule has 0 saturated carbocycles. The third kappa shape index (κ3) is 10.1. The van der Waals surface area contributed by atoms with Crippen LogP contribution in [-0.2, 0) is 34.1 Å². The zero-order valence-electron chi connectivity index (χ0n) is 47.3. The van der Waals surface area contributed by atoms with Crippen LogP contribution in [0.3, 0.4) is 0 Å². The molecule has 0 radical (unpaired) electrons. The fourth-order valence-corrected chi connectivity index (χ4v) is 10.3. The van der Waals surface area contributed by atoms with Crippen molar-refractivity contribution in [2.75, 3.05) is 0 Å². The molecule has 0 bridgehead atoms. The number of benzene rings is 7. The third-order valence-electron chi connectivity index (χ3n) is 15.1. The van der Waals surface area contributed by atoms with Crippen molar-refractivity contribution in [2.24, 2.45) is 7.05 Å². The lowest BCUT2D eigenvalue weighted by Crippen LogP contribution is -2.30. The number of aromatic nitrogens is 3. The molecule has 9 aromatic rings. The molecule has 378 valence electrons. The van der Waals surface area contributed by atoms with Crippen LogP contribution in [-0.4, -0.2) is 14.7 Å². The lowest BCUT2D eigenvalue weighted by Gasteiger charge is -2.28. The number of phenols is 1. The number of rotatable bonds is 7. The Morgan fingerprint density at radius 2 is 0.986 bits per heavy atom. The number of hydrogen-bond donors (Lipinski definition) is 1. The Morgan fingerprint density at radius 3 is 1.61 bits per heavy atom. The molecule has 0 unspecified atom stereocenters. The highest BCUT2D eigenvalue weighted by molar-refractivity contribution is 5.98. The third-order valence-corrected chi connectivity index (χ3v) is 15.1. The van der Waals surface area contributed by atoms with Gasteiger partial charge in [0.05, 0.1) is 22.3 Å². The molecule has 9 rings (SSSR count). The SMILES string of the molecule is Cc1cc(C(C)(C)C)ccc1-c1ccc(-c2cc[n+](C)c(-c3cc(-c4cccc5c4nc(-c4cc(C(C)(C)C)cc(C(C)(C)C)c4O)n5-c4ccc(C(C)(C)C)cc4-c4ccccc4)cc(C(C)(C)C)c3)c2)cc1. The minimum absolute atomic E-state index is 0.0783. The first-order valence-electron chi connectivity index (χ1n) is 26.6. The van der Waals surface area contributed by atoms with Crippen molar-refractivity contribution in [3.05, 3.63) is 191 Å². The molecule has 4 nitrogen and oxygen atoms in total. The van der Waals surface area contributed by atoms with Gasteiger partial charge in [0, 0.05) is 34.4 Å². The smallest absolute Gasteiger partial charge is 0.212 e. The van der Waals surface area contributed by atoms with Gasteiger partial charge in [0.25, 0.3) is 0 Å². The molecule has 0 aliphatic carbocycles. The second-order valence-corrected chi connectivity index (χ2v) is 26.0. The standard InChI is InChI=1S/C70H77N3O/c1-44-36-51(66(2,3)4)30-32-55(44)47-28-26-45(27-29-47)48-34-35-72(17)62(40-48)50-37-49(38-53(39-50)68(8,9)10)56-24-21-25-61-63(56)71-65(58-42-54(69(11,12)13)43-59(64(58)74)70(14,15)16)73(61)60-33-31-52(67(5,6)7)41-57(60)46-22-19-18-20-23-46/h18-43H,1-17H3/p+1. The van der Waals surface area contributed by atoms with Gasteiger partial charge >= 0.3 is 0 Å². The highest BCUT2D eigenvalue weighted by Crippen LogP contribution is 2.46. The highest BCUT2D eigenvalue weighted by atomic mass is 16.3. The van der Waals surface area contributed by atoms with Crippen molar-refractivity contribution >= 4 is 11.0 Å². The molecule has 0 fully saturated rings. The quantitative estimate of drug-likeness (QED) is 0.162. The van der Waals surface area contributed by atoms with Crippen molar-refractivity contribution in [3.63, 3.8) is 0 Å². The molecule has 2 heterocycles. The monoisotopic (exact) mass is 977 g/mol. The van der Waals surface area contributed by atoms with Crippen molar-refractivity contribution in [1.29, 1.82) is 0 Å². The van der Waals surface area contributed by atoms with E-state index in [9.17, 15) is 5.11 Å². The Balaban J connectivity index is 1.27. The normalized spacial score (nSPS) is 12.7. The van der Waals surface area contributed by atoms with Crippen LogP contribution in [0, 0.1) is 6.92 Å². The Hall–Kier alpha value is -7.04. The van der Waals surface area contributed by atoms with E-state index >= 15 is 0 Å². The minimum atomic E-state index is -0.329. The molecule has 7 aromatic carbocycles. The fraction of sp³-hybridized carbons (Fsp3) is 0.314. The van der Waals surface area contributed by atoms with Crippen LogP contribution in [0.1, 0.15) is 137 Å². The van der Waals surface area contributed by atoms with Gasteiger partial charge in [0.15, 0.2) is 6.20 Å². The van der Waals surface area contributed by atoms with Crippen molar-refractivity contribution in [3.8, 4) is 78.6 Å². The second kappa shape index (κ2) is 18.7. The number of para-hydroxylation sites is 1. The largest absolute Gasteiger partial charge is 0.507 e. The van der Waals surface area contributed by atoms with Crippen LogP contribution in [0.4, 0.5) is 0 Å². The zero-order valence-corrected chi connectivity index (χ0v) is 47.3. The molecule has 0 amide bonds. The number of pyridine rings is 1. The summed E-state index contributed by atoms with van der Waals surface area (Å²) in [6, 6.07) is 56.1. The minimum Gasteiger partial charge on any atom is -0.507 e. The Labute approximate surface area is 442 Å². The Kier molecular flexibility index (Phi) is 13.1. The van der Waals surface area contributed by atoms with Crippen LogP contribution in [0.15, 0.2) is 158 Å². The molecule has 0 spiro atoms. The summed E-state index contributed by atoms with van der Waals surface area (Å²) in [4.78, 5) is 5.76. The molecule has 0 atom stereocenters. The van der Waals surface area contributed by atoms with Crippen molar-refractivity contribution in [1.82, 2.24) is 9.55 Å². The molecule has 0 aliphatic heterocycles. The number of hydrogen-bond acceptors (Lipinski definition) is 2. The fourth-order valence-electron chi connectivity index (χ4n) is 10.3. The molecule has 4 heteroatoms. The summed E-state index contributed by atoms with van der Waals surface area (Å²) in [5.74, 6) is 0.969. The summed E-state index contributed by atoms with van der Waals surface area (Å²) in [5.41, 5.74) is 21.5. The first kappa shape index (κ1) is 51.8. The first-order valence-corrected chi connectivity index (χ1v) is 26.6. The van der Waals surface area contributed by atoms with Gasteiger partial charge in [-0.05, 0) is 132 Å². The number of fused-ring (bicyclic) bond motifs is 1. The van der Waals surface area contributed by atoms with E-state index in [0.717, 1.165) is 72.5 Å². The summed E-state index contributed by atoms with van der Waals surface area (Å²) < 4.78 is 4.55. The maximum Gasteiger partial charge on any atom is 0.212 e. The van der Waals surface area contributed by atoms with Crippen LogP contribution < -0.4 is 4.57 Å². The predicted molar refractivity (Wildman–Crippen MR) is 315 cm³/mol. The van der Waals surface area contributed by atoms with Gasteiger partial charge in [0.2, 0.25) is 5.69 Å². The zero-order chi connectivity index (χ0) is 53.4. The van der Waals surface area contributed by atoms with E-state index in [-0.39, 0.29) is 32.8 Å². The molecule has 0 aliphatic rings. The molecule has 2 aromatic heterocycles. The van der Waals surface area contributed by atoms with Gasteiger partial charge in [-0.3, -0.25) is 4.57 Å². The number of phenolic OH excluding ortho intramolecular Hbond substituents is 1. The summed E-state index contributed by atoms with van der Waals surface area (Å²) in [6.07, 6.45) is 2.19. The summed E-state index contributed by atoms with van der Waals surface area (Å²) >= 11 is 0. The molecular weight excluding hydrogens is 899 g/mol. The van der Waals surface area contributed by atoms with Crippen LogP contribution in [0.2, 0.25) is 0 Å². The Bertz CT molecular complexity index is 3570. The highest BCUT2D eigenvalue weighted by Gasteiger charge is 2.30. The van der Waals surface area contributed by atoms with Gasteiger partial charge in [-0.2, -0.15) is 0 Å². The van der Waals surface area contributed by atoms with Crippen molar-refractivity contribution < 1.29 is 9.67 Å². The van der Waals surface area contributed by atoms with Gasteiger partial charge in [0.1, 0.15) is 18.6 Å². The molecule has 0 saturated heterocycles. The molecule has 74 heavy (non-hydrogen) atoms. The lowest BCUT2D eigenvalue weighted by molar-refractivity contribution is -0.660. The predicted octanol–water partition coefficient (Wildman–Crippen LogP) is 18.4. The summed E-state index contributed by atoms with van der Waals surface area (Å²) in [6.45, 7) is 36.0. The van der Waals surface area contributed by atoms with E-state index in [0.29, 0.717) is 5.82 Å².